The molecular weight excluding hydrogens is 546 g/mol. The van der Waals surface area contributed by atoms with Gasteiger partial charge in [-0.3, -0.25) is 10.00 Å². The summed E-state index contributed by atoms with van der Waals surface area (Å²) in [7, 11) is 0. The molecule has 6 rings (SSSR count). The number of aromatic nitrogens is 5. The second-order valence-corrected chi connectivity index (χ2v) is 11.9. The lowest BCUT2D eigenvalue weighted by Gasteiger charge is -2.46. The summed E-state index contributed by atoms with van der Waals surface area (Å²) < 4.78 is 13.2. The van der Waals surface area contributed by atoms with E-state index in [9.17, 15) is 4.79 Å². The van der Waals surface area contributed by atoms with Gasteiger partial charge in [-0.15, -0.1) is 5.10 Å². The summed E-state index contributed by atoms with van der Waals surface area (Å²) in [4.78, 5) is 25.0. The molecule has 1 amide bonds. The number of nitrogens with one attached hydrogen (secondary N) is 2. The number of fused-ring (bicyclic) bond motifs is 3. The van der Waals surface area contributed by atoms with Gasteiger partial charge in [-0.1, -0.05) is 6.92 Å². The highest BCUT2D eigenvalue weighted by molar-refractivity contribution is 6.00. The van der Waals surface area contributed by atoms with Crippen LogP contribution in [0.3, 0.4) is 0 Å². The molecule has 0 unspecified atom stereocenters. The van der Waals surface area contributed by atoms with Crippen LogP contribution in [-0.2, 0) is 4.74 Å². The Kier molecular flexibility index (Phi) is 8.40. The maximum atomic E-state index is 12.8. The van der Waals surface area contributed by atoms with Crippen LogP contribution >= 0.6 is 0 Å². The third-order valence-corrected chi connectivity index (χ3v) is 8.67. The molecule has 12 nitrogen and oxygen atoms in total. The Hall–Kier alpha value is -3.90. The third-order valence-electron chi connectivity index (χ3n) is 8.67. The van der Waals surface area contributed by atoms with E-state index in [0.29, 0.717) is 6.61 Å². The van der Waals surface area contributed by atoms with E-state index in [4.69, 9.17) is 14.5 Å². The van der Waals surface area contributed by atoms with Gasteiger partial charge in [0.05, 0.1) is 41.5 Å². The number of H-pyrrole nitrogens is 1. The van der Waals surface area contributed by atoms with Gasteiger partial charge in [-0.25, -0.2) is 14.3 Å². The average molecular weight is 590 g/mol. The molecule has 2 fully saturated rings. The van der Waals surface area contributed by atoms with Gasteiger partial charge in [0, 0.05) is 63.1 Å². The number of anilines is 1. The van der Waals surface area contributed by atoms with E-state index >= 15 is 0 Å². The van der Waals surface area contributed by atoms with Crippen LogP contribution in [0.25, 0.3) is 27.7 Å². The molecule has 0 saturated carbocycles. The van der Waals surface area contributed by atoms with E-state index in [1.807, 2.05) is 43.7 Å². The van der Waals surface area contributed by atoms with Crippen LogP contribution in [0.15, 0.2) is 36.8 Å². The van der Waals surface area contributed by atoms with Gasteiger partial charge in [-0.05, 0) is 58.4 Å². The summed E-state index contributed by atoms with van der Waals surface area (Å²) in [5.41, 5.74) is 3.33. The largest absolute Gasteiger partial charge is 0.492 e. The lowest BCUT2D eigenvalue weighted by atomic mass is 9.86. The van der Waals surface area contributed by atoms with Gasteiger partial charge in [0.2, 0.25) is 0 Å². The number of pyridine rings is 2. The summed E-state index contributed by atoms with van der Waals surface area (Å²) in [6, 6.07) is 6.24. The number of likely N-dealkylation sites (N-methyl/N-ethyl adjacent to an activating group) is 1. The van der Waals surface area contributed by atoms with Crippen LogP contribution in [0.1, 0.15) is 40.5 Å². The zero-order valence-electron chi connectivity index (χ0n) is 25.7. The van der Waals surface area contributed by atoms with Crippen LogP contribution in [0.2, 0.25) is 0 Å². The standard InChI is InChI=1S/C31H43N9O3/c1-5-37-13-15-38(16-14-37)21-31(34-30(41)43-22(3)4)9-11-39(12-10-31)27-8-7-23(18-32-27)25-17-24(42-6-2)20-40-28(25)26-19-33-35-29(26)36-40/h7-8,17-20,22H,5-6,9-16,21H2,1-4H3,(H,34,41)(H,35,36). The first-order valence-corrected chi connectivity index (χ1v) is 15.5. The fraction of sp³-hybridized carbons (Fsp3) is 0.548. The van der Waals surface area contributed by atoms with Gasteiger partial charge in [0.1, 0.15) is 11.6 Å². The normalized spacial score (nSPS) is 18.0. The number of alkyl carbamates (subject to hydrolysis) is 1. The minimum absolute atomic E-state index is 0.157. The molecule has 230 valence electrons. The van der Waals surface area contributed by atoms with Crippen molar-refractivity contribution in [3.63, 3.8) is 0 Å². The van der Waals surface area contributed by atoms with Crippen molar-refractivity contribution in [1.82, 2.24) is 39.9 Å². The molecule has 2 N–H and O–H groups in total. The SMILES string of the molecule is CCOc1cc(-c2ccc(N3CCC(CN4CCN(CC)CC4)(NC(=O)OC(C)C)CC3)nc2)c2c3cn[nH]c3nn2c1. The predicted octanol–water partition coefficient (Wildman–Crippen LogP) is 3.78. The second kappa shape index (κ2) is 12.4. The molecule has 2 saturated heterocycles. The van der Waals surface area contributed by atoms with E-state index in [1.54, 1.807) is 6.20 Å². The molecule has 2 aliphatic rings. The Labute approximate surface area is 252 Å². The summed E-state index contributed by atoms with van der Waals surface area (Å²) in [5.74, 6) is 1.68. The number of hydrogen-bond donors (Lipinski definition) is 2. The molecule has 6 heterocycles. The quantitative estimate of drug-likeness (QED) is 0.301. The van der Waals surface area contributed by atoms with Crippen molar-refractivity contribution in [1.29, 1.82) is 0 Å². The number of hydrogen-bond acceptors (Lipinski definition) is 9. The van der Waals surface area contributed by atoms with Crippen molar-refractivity contribution in [3.8, 4) is 16.9 Å². The van der Waals surface area contributed by atoms with E-state index < -0.39 is 0 Å². The lowest BCUT2D eigenvalue weighted by Crippen LogP contribution is -2.62. The monoisotopic (exact) mass is 589 g/mol. The van der Waals surface area contributed by atoms with Gasteiger partial charge in [-0.2, -0.15) is 5.10 Å². The molecule has 0 spiro atoms. The Bertz CT molecular complexity index is 1530. The number of ether oxygens (including phenoxy) is 2. The van der Waals surface area contributed by atoms with Crippen molar-refractivity contribution in [2.75, 3.05) is 63.9 Å². The van der Waals surface area contributed by atoms with Gasteiger partial charge in [0.25, 0.3) is 0 Å². The van der Waals surface area contributed by atoms with Crippen molar-refractivity contribution >= 4 is 28.5 Å². The molecule has 12 heteroatoms. The summed E-state index contributed by atoms with van der Waals surface area (Å²) in [6.07, 6.45) is 6.78. The molecule has 0 bridgehead atoms. The zero-order valence-corrected chi connectivity index (χ0v) is 25.7. The van der Waals surface area contributed by atoms with E-state index in [-0.39, 0.29) is 17.7 Å². The molecular formula is C31H43N9O3. The van der Waals surface area contributed by atoms with E-state index in [1.165, 1.54) is 0 Å². The first-order valence-electron chi connectivity index (χ1n) is 15.5. The Balaban J connectivity index is 1.19. The maximum Gasteiger partial charge on any atom is 0.407 e. The number of aromatic amines is 1. The number of nitrogens with zero attached hydrogens (tertiary/aromatic N) is 7. The Morgan fingerprint density at radius 1 is 1.07 bits per heavy atom. The predicted molar refractivity (Wildman–Crippen MR) is 167 cm³/mol. The van der Waals surface area contributed by atoms with Crippen molar-refractivity contribution in [3.05, 3.63) is 36.8 Å². The van der Waals surface area contributed by atoms with Crippen molar-refractivity contribution in [2.45, 2.75) is 52.2 Å². The number of piperidine rings is 1. The highest BCUT2D eigenvalue weighted by atomic mass is 16.6. The summed E-state index contributed by atoms with van der Waals surface area (Å²) in [6.45, 7) is 16.2. The molecule has 43 heavy (non-hydrogen) atoms. The molecule has 2 aliphatic heterocycles. The minimum Gasteiger partial charge on any atom is -0.492 e. The van der Waals surface area contributed by atoms with E-state index in [0.717, 1.165) is 104 Å². The third kappa shape index (κ3) is 6.25. The second-order valence-electron chi connectivity index (χ2n) is 11.9. The van der Waals surface area contributed by atoms with Crippen LogP contribution in [0.5, 0.6) is 5.75 Å². The Morgan fingerprint density at radius 2 is 1.84 bits per heavy atom. The molecule has 0 aliphatic carbocycles. The number of carbonyl (C=O) groups excluding carboxylic acids is 1. The minimum atomic E-state index is -0.333. The molecule has 0 aromatic carbocycles. The van der Waals surface area contributed by atoms with E-state index in [2.05, 4.69) is 54.4 Å². The summed E-state index contributed by atoms with van der Waals surface area (Å²) >= 11 is 0. The first kappa shape index (κ1) is 29.2. The van der Waals surface area contributed by atoms with Crippen LogP contribution < -0.4 is 15.0 Å². The number of rotatable bonds is 9. The fourth-order valence-corrected chi connectivity index (χ4v) is 6.38. The molecule has 4 aromatic heterocycles. The van der Waals surface area contributed by atoms with Crippen LogP contribution in [0.4, 0.5) is 10.6 Å². The first-order chi connectivity index (χ1) is 20.9. The highest BCUT2D eigenvalue weighted by Gasteiger charge is 2.39. The Morgan fingerprint density at radius 3 is 2.51 bits per heavy atom. The maximum absolute atomic E-state index is 12.8. The van der Waals surface area contributed by atoms with Gasteiger partial charge >= 0.3 is 6.09 Å². The molecule has 4 aromatic rings. The number of amides is 1. The number of carbonyl (C=O) groups is 1. The van der Waals surface area contributed by atoms with Crippen LogP contribution in [-0.4, -0.2) is 111 Å². The fourth-order valence-electron chi connectivity index (χ4n) is 6.38. The topological polar surface area (TPSA) is 116 Å². The smallest absolute Gasteiger partial charge is 0.407 e. The zero-order chi connectivity index (χ0) is 30.0. The highest BCUT2D eigenvalue weighted by Crippen LogP contribution is 2.34. The average Bonchev–Trinajstić information content (AvgIpc) is 3.59. The van der Waals surface area contributed by atoms with Gasteiger partial charge in [0.15, 0.2) is 5.65 Å². The molecule has 0 radical (unpaired) electrons. The van der Waals surface area contributed by atoms with Gasteiger partial charge < -0.3 is 24.6 Å². The summed E-state index contributed by atoms with van der Waals surface area (Å²) in [5, 5.41) is 16.0. The van der Waals surface area contributed by atoms with Crippen LogP contribution in [0, 0.1) is 0 Å². The van der Waals surface area contributed by atoms with Crippen molar-refractivity contribution < 1.29 is 14.3 Å². The molecule has 0 atom stereocenters. The van der Waals surface area contributed by atoms with Crippen molar-refractivity contribution in [2.24, 2.45) is 0 Å². The number of piperazine rings is 1. The lowest BCUT2D eigenvalue weighted by molar-refractivity contribution is 0.0726.